The van der Waals surface area contributed by atoms with E-state index in [-0.39, 0.29) is 18.0 Å². The minimum absolute atomic E-state index is 0.0259. The molecule has 1 aromatic rings. The Morgan fingerprint density at radius 1 is 1.15 bits per heavy atom. The molecule has 0 spiro atoms. The van der Waals surface area contributed by atoms with Crippen molar-refractivity contribution in [3.05, 3.63) is 35.4 Å². The first kappa shape index (κ1) is 14.9. The Balaban J connectivity index is 1.72. The third kappa shape index (κ3) is 4.00. The molecule has 1 fully saturated rings. The molecule has 0 atom stereocenters. The topological polar surface area (TPSA) is 32.3 Å². The molecule has 0 bridgehead atoms. The summed E-state index contributed by atoms with van der Waals surface area (Å²) in [6.45, 7) is 2.20. The number of benzene rings is 1. The van der Waals surface area contributed by atoms with Crippen LogP contribution in [0, 0.1) is 11.6 Å². The number of nitrogens with zero attached hydrogens (tertiary/aromatic N) is 1. The lowest BCUT2D eigenvalue weighted by molar-refractivity contribution is -0.131. The number of halogens is 2. The Labute approximate surface area is 118 Å². The van der Waals surface area contributed by atoms with Gasteiger partial charge in [0.15, 0.2) is 0 Å². The predicted octanol–water partition coefficient (Wildman–Crippen LogP) is 2.46. The molecule has 0 aliphatic carbocycles. The van der Waals surface area contributed by atoms with Crippen LogP contribution in [-0.4, -0.2) is 30.4 Å². The summed E-state index contributed by atoms with van der Waals surface area (Å²) in [6.07, 6.45) is 3.70. The van der Waals surface area contributed by atoms with Crippen LogP contribution < -0.4 is 5.32 Å². The summed E-state index contributed by atoms with van der Waals surface area (Å²) in [6, 6.07) is 3.81. The molecule has 1 aromatic carbocycles. The van der Waals surface area contributed by atoms with E-state index in [0.717, 1.165) is 25.9 Å². The zero-order valence-corrected chi connectivity index (χ0v) is 11.5. The molecule has 1 aliphatic heterocycles. The smallest absolute Gasteiger partial charge is 0.223 e. The molecule has 0 radical (unpaired) electrons. The normalized spacial score (nSPS) is 15.4. The second kappa shape index (κ2) is 7.33. The third-order valence-corrected chi connectivity index (χ3v) is 3.59. The van der Waals surface area contributed by atoms with E-state index >= 15 is 0 Å². The lowest BCUT2D eigenvalue weighted by atomic mass is 10.1. The molecule has 1 aliphatic rings. The van der Waals surface area contributed by atoms with E-state index in [4.69, 9.17) is 0 Å². The Hall–Kier alpha value is -1.49. The molecule has 1 heterocycles. The van der Waals surface area contributed by atoms with Gasteiger partial charge in [0.2, 0.25) is 5.91 Å². The number of likely N-dealkylation sites (tertiary alicyclic amines) is 1. The van der Waals surface area contributed by atoms with Gasteiger partial charge in [0.25, 0.3) is 0 Å². The lowest BCUT2D eigenvalue weighted by Crippen LogP contribution is -2.37. The Morgan fingerprint density at radius 3 is 2.45 bits per heavy atom. The van der Waals surface area contributed by atoms with Gasteiger partial charge in [-0.25, -0.2) is 8.78 Å². The molecular weight excluding hydrogens is 262 g/mol. The van der Waals surface area contributed by atoms with Gasteiger partial charge < -0.3 is 10.2 Å². The van der Waals surface area contributed by atoms with Crippen LogP contribution in [0.1, 0.15) is 31.2 Å². The fraction of sp³-hybridized carbons (Fsp3) is 0.533. The molecule has 110 valence electrons. The van der Waals surface area contributed by atoms with Crippen LogP contribution in [0.4, 0.5) is 8.78 Å². The van der Waals surface area contributed by atoms with Gasteiger partial charge in [0, 0.05) is 38.2 Å². The number of carbonyl (C=O) groups excluding carboxylic acids is 1. The minimum Gasteiger partial charge on any atom is -0.343 e. The Kier molecular flexibility index (Phi) is 5.47. The fourth-order valence-electron chi connectivity index (χ4n) is 2.41. The molecule has 1 amide bonds. The van der Waals surface area contributed by atoms with E-state index in [9.17, 15) is 13.6 Å². The van der Waals surface area contributed by atoms with Crippen molar-refractivity contribution in [3.63, 3.8) is 0 Å². The van der Waals surface area contributed by atoms with Crippen LogP contribution in [0.15, 0.2) is 18.2 Å². The zero-order chi connectivity index (χ0) is 14.4. The number of rotatable bonds is 5. The molecule has 1 saturated heterocycles. The van der Waals surface area contributed by atoms with E-state index in [0.29, 0.717) is 13.0 Å². The van der Waals surface area contributed by atoms with Crippen molar-refractivity contribution in [1.29, 1.82) is 0 Å². The largest absolute Gasteiger partial charge is 0.343 e. The van der Waals surface area contributed by atoms with E-state index in [1.54, 1.807) is 0 Å². The fourth-order valence-corrected chi connectivity index (χ4v) is 2.41. The maximum Gasteiger partial charge on any atom is 0.223 e. The SMILES string of the molecule is O=C(CCNCc1c(F)cccc1F)N1CCCCC1. The van der Waals surface area contributed by atoms with E-state index in [1.165, 1.54) is 24.6 Å². The Bertz CT molecular complexity index is 439. The summed E-state index contributed by atoms with van der Waals surface area (Å²) in [7, 11) is 0. The van der Waals surface area contributed by atoms with Gasteiger partial charge in [0.05, 0.1) is 0 Å². The van der Waals surface area contributed by atoms with Crippen LogP contribution in [0.2, 0.25) is 0 Å². The molecule has 5 heteroatoms. The molecule has 2 rings (SSSR count). The van der Waals surface area contributed by atoms with Gasteiger partial charge in [-0.1, -0.05) is 6.07 Å². The summed E-state index contributed by atoms with van der Waals surface area (Å²) < 4.78 is 26.7. The van der Waals surface area contributed by atoms with Crippen LogP contribution in [-0.2, 0) is 11.3 Å². The predicted molar refractivity (Wildman–Crippen MR) is 73.1 cm³/mol. The van der Waals surface area contributed by atoms with Crippen molar-refractivity contribution in [2.45, 2.75) is 32.2 Å². The second-order valence-corrected chi connectivity index (χ2v) is 5.07. The van der Waals surface area contributed by atoms with Crippen LogP contribution in [0.5, 0.6) is 0 Å². The number of hydrogen-bond donors (Lipinski definition) is 1. The average Bonchev–Trinajstić information content (AvgIpc) is 2.46. The first-order chi connectivity index (χ1) is 9.68. The van der Waals surface area contributed by atoms with Crippen LogP contribution in [0.3, 0.4) is 0 Å². The first-order valence-electron chi connectivity index (χ1n) is 7.10. The summed E-state index contributed by atoms with van der Waals surface area (Å²) in [5.74, 6) is -0.995. The van der Waals surface area contributed by atoms with Crippen molar-refractivity contribution in [2.75, 3.05) is 19.6 Å². The van der Waals surface area contributed by atoms with Gasteiger partial charge in [-0.05, 0) is 31.4 Å². The van der Waals surface area contributed by atoms with Gasteiger partial charge >= 0.3 is 0 Å². The van der Waals surface area contributed by atoms with E-state index < -0.39 is 11.6 Å². The lowest BCUT2D eigenvalue weighted by Gasteiger charge is -2.26. The van der Waals surface area contributed by atoms with Crippen molar-refractivity contribution < 1.29 is 13.6 Å². The van der Waals surface area contributed by atoms with Gasteiger partial charge in [-0.3, -0.25) is 4.79 Å². The van der Waals surface area contributed by atoms with Crippen molar-refractivity contribution in [3.8, 4) is 0 Å². The van der Waals surface area contributed by atoms with Crippen molar-refractivity contribution >= 4 is 5.91 Å². The molecule has 0 unspecified atom stereocenters. The monoisotopic (exact) mass is 282 g/mol. The highest BCUT2D eigenvalue weighted by Gasteiger charge is 2.15. The maximum atomic E-state index is 13.4. The maximum absolute atomic E-state index is 13.4. The molecule has 20 heavy (non-hydrogen) atoms. The molecule has 1 N–H and O–H groups in total. The standard InChI is InChI=1S/C15H20F2N2O/c16-13-5-4-6-14(17)12(13)11-18-8-7-15(20)19-9-2-1-3-10-19/h4-6,18H,1-3,7-11H2. The first-order valence-corrected chi connectivity index (χ1v) is 7.10. The van der Waals surface area contributed by atoms with Gasteiger partial charge in [-0.2, -0.15) is 0 Å². The molecule has 3 nitrogen and oxygen atoms in total. The Morgan fingerprint density at radius 2 is 1.80 bits per heavy atom. The third-order valence-electron chi connectivity index (χ3n) is 3.59. The van der Waals surface area contributed by atoms with Crippen LogP contribution in [0.25, 0.3) is 0 Å². The number of nitrogens with one attached hydrogen (secondary N) is 1. The quantitative estimate of drug-likeness (QED) is 0.841. The summed E-state index contributed by atoms with van der Waals surface area (Å²) in [5.41, 5.74) is 0.0259. The van der Waals surface area contributed by atoms with Crippen molar-refractivity contribution in [1.82, 2.24) is 10.2 Å². The van der Waals surface area contributed by atoms with E-state index in [1.807, 2.05) is 4.90 Å². The highest BCUT2D eigenvalue weighted by Crippen LogP contribution is 2.12. The summed E-state index contributed by atoms with van der Waals surface area (Å²) in [5, 5.41) is 2.93. The highest BCUT2D eigenvalue weighted by atomic mass is 19.1. The minimum atomic E-state index is -0.556. The second-order valence-electron chi connectivity index (χ2n) is 5.07. The highest BCUT2D eigenvalue weighted by molar-refractivity contribution is 5.76. The summed E-state index contributed by atoms with van der Waals surface area (Å²) >= 11 is 0. The number of hydrogen-bond acceptors (Lipinski definition) is 2. The molecule has 0 saturated carbocycles. The molecule has 0 aromatic heterocycles. The average molecular weight is 282 g/mol. The number of carbonyl (C=O) groups is 1. The zero-order valence-electron chi connectivity index (χ0n) is 11.5. The number of amides is 1. The van der Waals surface area contributed by atoms with E-state index in [2.05, 4.69) is 5.32 Å². The summed E-state index contributed by atoms with van der Waals surface area (Å²) in [4.78, 5) is 13.8. The van der Waals surface area contributed by atoms with Crippen molar-refractivity contribution in [2.24, 2.45) is 0 Å². The molecular formula is C15H20F2N2O. The van der Waals surface area contributed by atoms with Crippen LogP contribution >= 0.6 is 0 Å². The van der Waals surface area contributed by atoms with Gasteiger partial charge in [-0.15, -0.1) is 0 Å². The number of piperidine rings is 1. The van der Waals surface area contributed by atoms with Gasteiger partial charge in [0.1, 0.15) is 11.6 Å².